The van der Waals surface area contributed by atoms with Crippen molar-refractivity contribution in [2.45, 2.75) is 44.8 Å². The maximum atomic E-state index is 12.5. The topological polar surface area (TPSA) is 58.6 Å². The molecule has 2 aromatic rings. The van der Waals surface area contributed by atoms with Gasteiger partial charge in [-0.15, -0.1) is 0 Å². The Morgan fingerprint density at radius 3 is 2.67 bits per heavy atom. The summed E-state index contributed by atoms with van der Waals surface area (Å²) >= 11 is 0. The zero-order chi connectivity index (χ0) is 16.9. The number of carbonyl (C=O) groups is 1. The van der Waals surface area contributed by atoms with E-state index in [2.05, 4.69) is 5.32 Å². The molecular weight excluding hydrogens is 302 g/mol. The molecule has 4 nitrogen and oxygen atoms in total. The molecule has 0 heterocycles. The highest BCUT2D eigenvalue weighted by molar-refractivity contribution is 6.04. The van der Waals surface area contributed by atoms with Crippen LogP contribution in [0.2, 0.25) is 0 Å². The minimum absolute atomic E-state index is 0.208. The molecule has 24 heavy (non-hydrogen) atoms. The largest absolute Gasteiger partial charge is 0.490 e. The molecule has 0 spiro atoms. The van der Waals surface area contributed by atoms with Crippen molar-refractivity contribution < 1.29 is 14.6 Å². The van der Waals surface area contributed by atoms with Crippen LogP contribution in [0.5, 0.6) is 5.75 Å². The zero-order valence-electron chi connectivity index (χ0n) is 13.9. The van der Waals surface area contributed by atoms with Crippen LogP contribution in [0.3, 0.4) is 0 Å². The number of rotatable bonds is 5. The van der Waals surface area contributed by atoms with E-state index in [1.54, 1.807) is 31.2 Å². The van der Waals surface area contributed by atoms with Gasteiger partial charge in [-0.3, -0.25) is 4.79 Å². The van der Waals surface area contributed by atoms with Gasteiger partial charge in [0.05, 0.1) is 12.2 Å². The van der Waals surface area contributed by atoms with Crippen LogP contribution in [0.1, 0.15) is 54.6 Å². The Balaban J connectivity index is 1.73. The first-order valence-electron chi connectivity index (χ1n) is 8.48. The molecule has 2 aromatic carbocycles. The minimum Gasteiger partial charge on any atom is -0.490 e. The number of aliphatic hydroxyl groups excluding tert-OH is 1. The lowest BCUT2D eigenvalue weighted by molar-refractivity contribution is 0.102. The number of hydrogen-bond donors (Lipinski definition) is 2. The molecule has 1 fully saturated rings. The molecule has 1 atom stereocenters. The molecule has 3 rings (SSSR count). The summed E-state index contributed by atoms with van der Waals surface area (Å²) in [4.78, 5) is 12.5. The predicted molar refractivity (Wildman–Crippen MR) is 94.4 cm³/mol. The van der Waals surface area contributed by atoms with Gasteiger partial charge in [0.15, 0.2) is 0 Å². The third kappa shape index (κ3) is 3.95. The number of aliphatic hydroxyl groups is 1. The van der Waals surface area contributed by atoms with Crippen LogP contribution >= 0.6 is 0 Å². The Bertz CT molecular complexity index is 706. The summed E-state index contributed by atoms with van der Waals surface area (Å²) in [5.41, 5.74) is 1.87. The number of hydrogen-bond acceptors (Lipinski definition) is 3. The molecule has 0 bridgehead atoms. The van der Waals surface area contributed by atoms with E-state index in [-0.39, 0.29) is 12.0 Å². The number of nitrogens with one attached hydrogen (secondary N) is 1. The first-order valence-corrected chi connectivity index (χ1v) is 8.48. The molecule has 0 saturated heterocycles. The monoisotopic (exact) mass is 325 g/mol. The fourth-order valence-electron chi connectivity index (χ4n) is 3.08. The summed E-state index contributed by atoms with van der Waals surface area (Å²) in [6.45, 7) is 1.68. The SMILES string of the molecule is CC(O)c1ccccc1NC(=O)c1cccc(OC2CCCC2)c1. The Labute approximate surface area is 142 Å². The number of para-hydroxylation sites is 1. The van der Waals surface area contributed by atoms with Gasteiger partial charge in [0, 0.05) is 16.8 Å². The summed E-state index contributed by atoms with van der Waals surface area (Å²) in [6, 6.07) is 14.5. The first kappa shape index (κ1) is 16.5. The van der Waals surface area contributed by atoms with Gasteiger partial charge in [-0.25, -0.2) is 0 Å². The molecular formula is C20H23NO3. The zero-order valence-corrected chi connectivity index (χ0v) is 13.9. The molecule has 2 N–H and O–H groups in total. The molecule has 126 valence electrons. The summed E-state index contributed by atoms with van der Waals surface area (Å²) in [5, 5.41) is 12.7. The standard InChI is InChI=1S/C20H23NO3/c1-14(22)18-11-4-5-12-19(18)21-20(23)15-7-6-10-17(13-15)24-16-8-2-3-9-16/h4-7,10-14,16,22H,2-3,8-9H2,1H3,(H,21,23). The number of amides is 1. The second-order valence-corrected chi connectivity index (χ2v) is 6.27. The molecule has 1 aliphatic rings. The number of benzene rings is 2. The van der Waals surface area contributed by atoms with Gasteiger partial charge in [-0.2, -0.15) is 0 Å². The van der Waals surface area contributed by atoms with Crippen LogP contribution in [-0.4, -0.2) is 17.1 Å². The molecule has 1 saturated carbocycles. The predicted octanol–water partition coefficient (Wildman–Crippen LogP) is 4.31. The van der Waals surface area contributed by atoms with Crippen molar-refractivity contribution in [1.82, 2.24) is 0 Å². The number of anilines is 1. The van der Waals surface area contributed by atoms with Crippen molar-refractivity contribution in [2.75, 3.05) is 5.32 Å². The van der Waals surface area contributed by atoms with E-state index in [4.69, 9.17) is 4.74 Å². The Hall–Kier alpha value is -2.33. The normalized spacial score (nSPS) is 15.9. The van der Waals surface area contributed by atoms with E-state index < -0.39 is 6.10 Å². The van der Waals surface area contributed by atoms with Crippen molar-refractivity contribution in [3.05, 3.63) is 59.7 Å². The maximum Gasteiger partial charge on any atom is 0.255 e. The fraction of sp³-hybridized carbons (Fsp3) is 0.350. The van der Waals surface area contributed by atoms with Gasteiger partial charge in [-0.05, 0) is 56.9 Å². The van der Waals surface area contributed by atoms with Gasteiger partial charge < -0.3 is 15.2 Å². The van der Waals surface area contributed by atoms with Crippen LogP contribution in [-0.2, 0) is 0 Å². The summed E-state index contributed by atoms with van der Waals surface area (Å²) in [6.07, 6.45) is 4.20. The number of carbonyl (C=O) groups excluding carboxylic acids is 1. The minimum atomic E-state index is -0.640. The Morgan fingerprint density at radius 2 is 1.92 bits per heavy atom. The van der Waals surface area contributed by atoms with Crippen molar-refractivity contribution in [3.8, 4) is 5.75 Å². The molecule has 1 unspecified atom stereocenters. The highest BCUT2D eigenvalue weighted by Crippen LogP contribution is 2.26. The maximum absolute atomic E-state index is 12.5. The summed E-state index contributed by atoms with van der Waals surface area (Å²) in [5.74, 6) is 0.526. The van der Waals surface area contributed by atoms with E-state index in [0.29, 0.717) is 16.8 Å². The average Bonchev–Trinajstić information content (AvgIpc) is 3.08. The molecule has 1 amide bonds. The second-order valence-electron chi connectivity index (χ2n) is 6.27. The van der Waals surface area contributed by atoms with Crippen LogP contribution in [0.4, 0.5) is 5.69 Å². The molecule has 0 aromatic heterocycles. The van der Waals surface area contributed by atoms with Gasteiger partial charge in [0.2, 0.25) is 0 Å². The summed E-state index contributed by atoms with van der Waals surface area (Å²) < 4.78 is 5.96. The second kappa shape index (κ2) is 7.49. The first-order chi connectivity index (χ1) is 11.6. The molecule has 4 heteroatoms. The Kier molecular flexibility index (Phi) is 5.16. The van der Waals surface area contributed by atoms with Crippen LogP contribution in [0.15, 0.2) is 48.5 Å². The van der Waals surface area contributed by atoms with Crippen molar-refractivity contribution in [1.29, 1.82) is 0 Å². The van der Waals surface area contributed by atoms with Crippen molar-refractivity contribution in [2.24, 2.45) is 0 Å². The smallest absolute Gasteiger partial charge is 0.255 e. The van der Waals surface area contributed by atoms with Crippen LogP contribution in [0.25, 0.3) is 0 Å². The summed E-state index contributed by atoms with van der Waals surface area (Å²) in [7, 11) is 0. The highest BCUT2D eigenvalue weighted by atomic mass is 16.5. The van der Waals surface area contributed by atoms with E-state index >= 15 is 0 Å². The van der Waals surface area contributed by atoms with Gasteiger partial charge in [0.25, 0.3) is 5.91 Å². The number of ether oxygens (including phenoxy) is 1. The lowest BCUT2D eigenvalue weighted by Crippen LogP contribution is -2.15. The molecule has 0 radical (unpaired) electrons. The quantitative estimate of drug-likeness (QED) is 0.861. The van der Waals surface area contributed by atoms with E-state index in [0.717, 1.165) is 18.6 Å². The van der Waals surface area contributed by atoms with E-state index in [1.165, 1.54) is 12.8 Å². The molecule has 0 aliphatic heterocycles. The fourth-order valence-corrected chi connectivity index (χ4v) is 3.08. The highest BCUT2D eigenvalue weighted by Gasteiger charge is 2.17. The Morgan fingerprint density at radius 1 is 1.17 bits per heavy atom. The van der Waals surface area contributed by atoms with Crippen LogP contribution in [0, 0.1) is 0 Å². The van der Waals surface area contributed by atoms with Crippen LogP contribution < -0.4 is 10.1 Å². The third-order valence-electron chi connectivity index (χ3n) is 4.36. The van der Waals surface area contributed by atoms with Crippen molar-refractivity contribution >= 4 is 11.6 Å². The van der Waals surface area contributed by atoms with Gasteiger partial charge >= 0.3 is 0 Å². The third-order valence-corrected chi connectivity index (χ3v) is 4.36. The molecule has 1 aliphatic carbocycles. The van der Waals surface area contributed by atoms with E-state index in [1.807, 2.05) is 24.3 Å². The van der Waals surface area contributed by atoms with Gasteiger partial charge in [0.1, 0.15) is 5.75 Å². The van der Waals surface area contributed by atoms with Gasteiger partial charge in [-0.1, -0.05) is 24.3 Å². The lowest BCUT2D eigenvalue weighted by Gasteiger charge is -2.15. The van der Waals surface area contributed by atoms with Crippen molar-refractivity contribution in [3.63, 3.8) is 0 Å². The van der Waals surface area contributed by atoms with E-state index in [9.17, 15) is 9.90 Å². The average molecular weight is 325 g/mol. The lowest BCUT2D eigenvalue weighted by atomic mass is 10.1.